The largest absolute Gasteiger partial charge is 0.292 e. The van der Waals surface area contributed by atoms with E-state index in [0.29, 0.717) is 10.6 Å². The number of benzene rings is 5. The van der Waals surface area contributed by atoms with Crippen molar-refractivity contribution in [3.05, 3.63) is 132 Å². The maximum atomic E-state index is 9.17. The fourth-order valence-corrected chi connectivity index (χ4v) is 4.91. The third kappa shape index (κ3) is 3.84. The lowest BCUT2D eigenvalue weighted by atomic mass is 9.94. The van der Waals surface area contributed by atoms with Crippen molar-refractivity contribution in [2.24, 2.45) is 0 Å². The van der Waals surface area contributed by atoms with Crippen LogP contribution in [0.3, 0.4) is 0 Å². The number of nitriles is 1. The summed E-state index contributed by atoms with van der Waals surface area (Å²) in [7, 11) is 0. The number of para-hydroxylation sites is 2. The maximum absolute atomic E-state index is 9.17. The van der Waals surface area contributed by atoms with Gasteiger partial charge in [-0.05, 0) is 59.2 Å². The highest BCUT2D eigenvalue weighted by atomic mass is 35.5. The molecule has 36 heavy (non-hydrogen) atoms. The Hall–Kier alpha value is -4.65. The molecule has 0 atom stereocenters. The average molecular weight is 482 g/mol. The second-order valence-electron chi connectivity index (χ2n) is 8.52. The molecule has 0 aliphatic rings. The van der Waals surface area contributed by atoms with Crippen molar-refractivity contribution in [3.63, 3.8) is 0 Å². The SMILES string of the molecule is N#Cc1ccc(-c2c(Cl)cccc2-c2ccc(-n3c(-c4ccccc4)nc4ccccc43)cc2)cc1. The third-order valence-corrected chi connectivity index (χ3v) is 6.66. The van der Waals surface area contributed by atoms with Gasteiger partial charge in [-0.25, -0.2) is 4.98 Å². The number of halogens is 1. The molecule has 170 valence electrons. The Morgan fingerprint density at radius 1 is 0.639 bits per heavy atom. The zero-order valence-corrected chi connectivity index (χ0v) is 20.0. The topological polar surface area (TPSA) is 41.6 Å². The van der Waals surface area contributed by atoms with Crippen molar-refractivity contribution in [1.82, 2.24) is 9.55 Å². The summed E-state index contributed by atoms with van der Waals surface area (Å²) in [5.74, 6) is 0.908. The molecule has 0 saturated heterocycles. The monoisotopic (exact) mass is 481 g/mol. The molecule has 3 nitrogen and oxygen atoms in total. The summed E-state index contributed by atoms with van der Waals surface area (Å²) in [4.78, 5) is 4.94. The predicted molar refractivity (Wildman–Crippen MR) is 147 cm³/mol. The Bertz CT molecular complexity index is 1730. The standard InChI is InChI=1S/C32H20ClN3/c33-28-10-6-9-27(31(28)24-15-13-22(21-34)14-16-24)23-17-19-26(20-18-23)36-30-12-5-4-11-29(30)35-32(36)25-7-2-1-3-8-25/h1-20H. The van der Waals surface area contributed by atoms with Crippen LogP contribution in [-0.2, 0) is 0 Å². The van der Waals surface area contributed by atoms with Crippen LogP contribution in [0.15, 0.2) is 121 Å². The number of aromatic nitrogens is 2. The van der Waals surface area contributed by atoms with Crippen LogP contribution in [0.25, 0.3) is 50.4 Å². The molecule has 0 bridgehead atoms. The van der Waals surface area contributed by atoms with Gasteiger partial charge in [0.1, 0.15) is 5.82 Å². The minimum Gasteiger partial charge on any atom is -0.292 e. The molecule has 0 fully saturated rings. The van der Waals surface area contributed by atoms with Crippen LogP contribution in [0, 0.1) is 11.3 Å². The van der Waals surface area contributed by atoms with E-state index in [1.807, 2.05) is 72.8 Å². The Morgan fingerprint density at radius 3 is 2.08 bits per heavy atom. The van der Waals surface area contributed by atoms with Gasteiger partial charge in [-0.3, -0.25) is 4.57 Å². The van der Waals surface area contributed by atoms with Gasteiger partial charge in [-0.1, -0.05) is 90.5 Å². The number of fused-ring (bicyclic) bond motifs is 1. The van der Waals surface area contributed by atoms with Crippen LogP contribution in [0.5, 0.6) is 0 Å². The molecule has 6 aromatic rings. The Morgan fingerprint density at radius 2 is 1.33 bits per heavy atom. The zero-order chi connectivity index (χ0) is 24.5. The Labute approximate surface area is 214 Å². The Kier molecular flexibility index (Phi) is 5.58. The van der Waals surface area contributed by atoms with Gasteiger partial charge in [0.25, 0.3) is 0 Å². The van der Waals surface area contributed by atoms with Gasteiger partial charge in [0.15, 0.2) is 0 Å². The van der Waals surface area contributed by atoms with Gasteiger partial charge in [0, 0.05) is 21.8 Å². The summed E-state index contributed by atoms with van der Waals surface area (Å²) in [5, 5.41) is 9.84. The number of rotatable bonds is 4. The molecule has 0 unspecified atom stereocenters. The second kappa shape index (κ2) is 9.19. The molecule has 0 spiro atoms. The van der Waals surface area contributed by atoms with Crippen molar-refractivity contribution >= 4 is 22.6 Å². The van der Waals surface area contributed by atoms with Gasteiger partial charge < -0.3 is 0 Å². The lowest BCUT2D eigenvalue weighted by Crippen LogP contribution is -1.97. The van der Waals surface area contributed by atoms with E-state index in [9.17, 15) is 0 Å². The van der Waals surface area contributed by atoms with E-state index in [1.54, 1.807) is 0 Å². The summed E-state index contributed by atoms with van der Waals surface area (Å²) in [5.41, 5.74) is 8.77. The van der Waals surface area contributed by atoms with Crippen LogP contribution in [-0.4, -0.2) is 9.55 Å². The first-order valence-electron chi connectivity index (χ1n) is 11.7. The highest BCUT2D eigenvalue weighted by molar-refractivity contribution is 6.34. The molecule has 1 aromatic heterocycles. The van der Waals surface area contributed by atoms with E-state index in [1.165, 1.54) is 0 Å². The van der Waals surface area contributed by atoms with Crippen LogP contribution < -0.4 is 0 Å². The molecule has 6 rings (SSSR count). The highest BCUT2D eigenvalue weighted by Gasteiger charge is 2.15. The predicted octanol–water partition coefficient (Wildman–Crippen LogP) is 8.55. The van der Waals surface area contributed by atoms with Crippen molar-refractivity contribution < 1.29 is 0 Å². The number of hydrogen-bond donors (Lipinski definition) is 0. The lowest BCUT2D eigenvalue weighted by molar-refractivity contribution is 1.10. The lowest BCUT2D eigenvalue weighted by Gasteiger charge is -2.14. The van der Waals surface area contributed by atoms with E-state index >= 15 is 0 Å². The van der Waals surface area contributed by atoms with Gasteiger partial charge in [-0.2, -0.15) is 5.26 Å². The summed E-state index contributed by atoms with van der Waals surface area (Å²) in [6.07, 6.45) is 0. The van der Waals surface area contributed by atoms with E-state index in [4.69, 9.17) is 21.8 Å². The molecule has 5 aromatic carbocycles. The molecule has 0 amide bonds. The van der Waals surface area contributed by atoms with Crippen LogP contribution >= 0.6 is 11.6 Å². The van der Waals surface area contributed by atoms with Crippen LogP contribution in [0.4, 0.5) is 0 Å². The summed E-state index contributed by atoms with van der Waals surface area (Å²) in [6, 6.07) is 42.6. The van der Waals surface area contributed by atoms with Gasteiger partial charge in [0.2, 0.25) is 0 Å². The maximum Gasteiger partial charge on any atom is 0.145 e. The molecule has 0 saturated carbocycles. The second-order valence-corrected chi connectivity index (χ2v) is 8.93. The van der Waals surface area contributed by atoms with Gasteiger partial charge in [0.05, 0.1) is 22.7 Å². The van der Waals surface area contributed by atoms with Crippen molar-refractivity contribution in [3.8, 4) is 45.4 Å². The molecule has 1 heterocycles. The first kappa shape index (κ1) is 21.9. The van der Waals surface area contributed by atoms with Crippen LogP contribution in [0.2, 0.25) is 5.02 Å². The average Bonchev–Trinajstić information content (AvgIpc) is 3.33. The minimum atomic E-state index is 0.624. The summed E-state index contributed by atoms with van der Waals surface area (Å²) in [6.45, 7) is 0. The minimum absolute atomic E-state index is 0.624. The number of hydrogen-bond acceptors (Lipinski definition) is 2. The van der Waals surface area contributed by atoms with Gasteiger partial charge in [-0.15, -0.1) is 0 Å². The molecular weight excluding hydrogens is 462 g/mol. The van der Waals surface area contributed by atoms with Crippen LogP contribution in [0.1, 0.15) is 5.56 Å². The molecule has 0 aliphatic heterocycles. The molecule has 0 radical (unpaired) electrons. The first-order chi connectivity index (χ1) is 17.7. The quantitative estimate of drug-likeness (QED) is 0.253. The fourth-order valence-electron chi connectivity index (χ4n) is 4.63. The molecule has 0 aliphatic carbocycles. The molecule has 0 N–H and O–H groups in total. The van der Waals surface area contributed by atoms with Crippen molar-refractivity contribution in [2.45, 2.75) is 0 Å². The molecular formula is C32H20ClN3. The number of nitrogens with zero attached hydrogens (tertiary/aromatic N) is 3. The Balaban J connectivity index is 1.47. The van der Waals surface area contributed by atoms with Gasteiger partial charge >= 0.3 is 0 Å². The third-order valence-electron chi connectivity index (χ3n) is 6.35. The van der Waals surface area contributed by atoms with Crippen molar-refractivity contribution in [2.75, 3.05) is 0 Å². The van der Waals surface area contributed by atoms with E-state index in [2.05, 4.69) is 59.2 Å². The van der Waals surface area contributed by atoms with Crippen molar-refractivity contribution in [1.29, 1.82) is 5.26 Å². The normalized spacial score (nSPS) is 10.9. The molecule has 4 heteroatoms. The summed E-state index contributed by atoms with van der Waals surface area (Å²) >= 11 is 6.68. The number of imidazole rings is 1. The zero-order valence-electron chi connectivity index (χ0n) is 19.3. The van der Waals surface area contributed by atoms with E-state index < -0.39 is 0 Å². The first-order valence-corrected chi connectivity index (χ1v) is 12.0. The fraction of sp³-hybridized carbons (Fsp3) is 0. The highest BCUT2D eigenvalue weighted by Crippen LogP contribution is 2.38. The van der Waals surface area contributed by atoms with E-state index in [0.717, 1.165) is 50.4 Å². The summed E-state index contributed by atoms with van der Waals surface area (Å²) < 4.78 is 2.20. The smallest absolute Gasteiger partial charge is 0.145 e. The van der Waals surface area contributed by atoms with E-state index in [-0.39, 0.29) is 0 Å².